The molecule has 0 fully saturated rings. The first-order chi connectivity index (χ1) is 14.6. The zero-order valence-electron chi connectivity index (χ0n) is 16.6. The molecule has 0 aliphatic carbocycles. The Morgan fingerprint density at radius 1 is 0.833 bits per heavy atom. The Bertz CT molecular complexity index is 872. The number of rotatable bonds is 11. The van der Waals surface area contributed by atoms with E-state index >= 15 is 0 Å². The van der Waals surface area contributed by atoms with Gasteiger partial charge in [-0.25, -0.2) is 0 Å². The second kappa shape index (κ2) is 11.6. The van der Waals surface area contributed by atoms with Crippen LogP contribution in [0.25, 0.3) is 0 Å². The largest absolute Gasteiger partial charge is 0.491 e. The highest BCUT2D eigenvalue weighted by Gasteiger charge is 2.12. The van der Waals surface area contributed by atoms with Crippen LogP contribution in [0.15, 0.2) is 78.9 Å². The molecule has 0 radical (unpaired) electrons. The maximum Gasteiger partial charge on any atom is 0.127 e. The standard InChI is InChI=1S/C24H26ClNO4/c25-19-8-12-24(13-9-19)30-23-10-6-18(7-11-23)14-20(16-27)26-15-21(28)17-29-22-4-2-1-3-5-22/h1-13,20-21,26-28H,14-17H2/t20-,21?/m0/s1. The molecule has 0 aliphatic heterocycles. The fraction of sp³-hybridized carbons (Fsp3) is 0.250. The van der Waals surface area contributed by atoms with Gasteiger partial charge in [0.15, 0.2) is 0 Å². The quantitative estimate of drug-likeness (QED) is 0.430. The average molecular weight is 428 g/mol. The Morgan fingerprint density at radius 2 is 1.47 bits per heavy atom. The molecule has 3 aromatic carbocycles. The molecule has 30 heavy (non-hydrogen) atoms. The van der Waals surface area contributed by atoms with E-state index in [1.165, 1.54) is 0 Å². The van der Waals surface area contributed by atoms with Gasteiger partial charge in [-0.3, -0.25) is 0 Å². The van der Waals surface area contributed by atoms with Crippen molar-refractivity contribution in [1.82, 2.24) is 5.32 Å². The molecular formula is C24H26ClNO4. The van der Waals surface area contributed by atoms with Gasteiger partial charge in [-0.2, -0.15) is 0 Å². The number of hydrogen-bond donors (Lipinski definition) is 3. The van der Waals surface area contributed by atoms with Gasteiger partial charge in [-0.05, 0) is 60.5 Å². The predicted molar refractivity (Wildman–Crippen MR) is 118 cm³/mol. The second-order valence-electron chi connectivity index (χ2n) is 6.97. The van der Waals surface area contributed by atoms with E-state index in [-0.39, 0.29) is 19.3 Å². The first kappa shape index (κ1) is 22.1. The van der Waals surface area contributed by atoms with Gasteiger partial charge in [0.05, 0.1) is 6.61 Å². The summed E-state index contributed by atoms with van der Waals surface area (Å²) in [7, 11) is 0. The monoisotopic (exact) mass is 427 g/mol. The van der Waals surface area contributed by atoms with E-state index in [0.717, 1.165) is 17.1 Å². The molecule has 158 valence electrons. The van der Waals surface area contributed by atoms with Gasteiger partial charge in [0.2, 0.25) is 0 Å². The third kappa shape index (κ3) is 7.35. The van der Waals surface area contributed by atoms with Gasteiger partial charge in [0, 0.05) is 17.6 Å². The molecule has 1 unspecified atom stereocenters. The number of halogens is 1. The van der Waals surface area contributed by atoms with Crippen molar-refractivity contribution in [2.24, 2.45) is 0 Å². The van der Waals surface area contributed by atoms with Gasteiger partial charge >= 0.3 is 0 Å². The van der Waals surface area contributed by atoms with Gasteiger partial charge in [-0.15, -0.1) is 0 Å². The van der Waals surface area contributed by atoms with Crippen molar-refractivity contribution in [3.8, 4) is 17.2 Å². The minimum absolute atomic E-state index is 0.0325. The summed E-state index contributed by atoms with van der Waals surface area (Å²) in [5.41, 5.74) is 1.06. The van der Waals surface area contributed by atoms with Crippen LogP contribution in [-0.2, 0) is 6.42 Å². The fourth-order valence-corrected chi connectivity index (χ4v) is 3.01. The highest BCUT2D eigenvalue weighted by Crippen LogP contribution is 2.23. The number of ether oxygens (including phenoxy) is 2. The summed E-state index contributed by atoms with van der Waals surface area (Å²) in [6.07, 6.45) is -0.0429. The van der Waals surface area contributed by atoms with E-state index in [0.29, 0.717) is 23.7 Å². The SMILES string of the molecule is OC[C@H](Cc1ccc(Oc2ccc(Cl)cc2)cc1)NCC(O)COc1ccccc1. The van der Waals surface area contributed by atoms with Crippen molar-refractivity contribution in [2.45, 2.75) is 18.6 Å². The minimum atomic E-state index is -0.672. The van der Waals surface area contributed by atoms with Crippen molar-refractivity contribution in [3.63, 3.8) is 0 Å². The first-order valence-corrected chi connectivity index (χ1v) is 10.2. The lowest BCUT2D eigenvalue weighted by molar-refractivity contribution is 0.0997. The van der Waals surface area contributed by atoms with Crippen LogP contribution in [0.3, 0.4) is 0 Å². The van der Waals surface area contributed by atoms with Crippen LogP contribution in [0.5, 0.6) is 17.2 Å². The van der Waals surface area contributed by atoms with Crippen molar-refractivity contribution in [3.05, 3.63) is 89.4 Å². The maximum absolute atomic E-state index is 10.1. The molecule has 3 rings (SSSR count). The Balaban J connectivity index is 1.43. The third-order valence-electron chi connectivity index (χ3n) is 4.50. The molecule has 0 spiro atoms. The molecule has 0 saturated heterocycles. The number of nitrogens with one attached hydrogen (secondary N) is 1. The molecule has 6 heteroatoms. The summed E-state index contributed by atoms with van der Waals surface area (Å²) < 4.78 is 11.3. The molecule has 0 amide bonds. The molecular weight excluding hydrogens is 402 g/mol. The smallest absolute Gasteiger partial charge is 0.127 e. The van der Waals surface area contributed by atoms with Crippen molar-refractivity contribution in [1.29, 1.82) is 0 Å². The molecule has 3 N–H and O–H groups in total. The van der Waals surface area contributed by atoms with Gasteiger partial charge < -0.3 is 25.0 Å². The van der Waals surface area contributed by atoms with E-state index in [2.05, 4.69) is 5.32 Å². The molecule has 5 nitrogen and oxygen atoms in total. The third-order valence-corrected chi connectivity index (χ3v) is 4.75. The van der Waals surface area contributed by atoms with Crippen molar-refractivity contribution < 1.29 is 19.7 Å². The minimum Gasteiger partial charge on any atom is -0.491 e. The highest BCUT2D eigenvalue weighted by atomic mass is 35.5. The zero-order valence-corrected chi connectivity index (χ0v) is 17.3. The Hall–Kier alpha value is -2.57. The highest BCUT2D eigenvalue weighted by molar-refractivity contribution is 6.30. The molecule has 0 aliphatic rings. The van der Waals surface area contributed by atoms with E-state index in [4.69, 9.17) is 21.1 Å². The normalized spacial score (nSPS) is 12.9. The average Bonchev–Trinajstić information content (AvgIpc) is 2.78. The fourth-order valence-electron chi connectivity index (χ4n) is 2.89. The number of para-hydroxylation sites is 1. The molecule has 2 atom stereocenters. The first-order valence-electron chi connectivity index (χ1n) is 9.85. The zero-order chi connectivity index (χ0) is 21.2. The predicted octanol–water partition coefficient (Wildman–Crippen LogP) is 4.07. The lowest BCUT2D eigenvalue weighted by Gasteiger charge is -2.19. The van der Waals surface area contributed by atoms with Crippen LogP contribution in [0, 0.1) is 0 Å². The molecule has 0 saturated carbocycles. The molecule has 0 bridgehead atoms. The second-order valence-corrected chi connectivity index (χ2v) is 7.41. The topological polar surface area (TPSA) is 71.0 Å². The van der Waals surface area contributed by atoms with Crippen LogP contribution in [0.4, 0.5) is 0 Å². The van der Waals surface area contributed by atoms with Crippen LogP contribution in [0.1, 0.15) is 5.56 Å². The van der Waals surface area contributed by atoms with E-state index in [9.17, 15) is 10.2 Å². The summed E-state index contributed by atoms with van der Waals surface area (Å²) in [5, 5.41) is 23.6. The Labute approximate surface area is 181 Å². The van der Waals surface area contributed by atoms with Gasteiger partial charge in [-0.1, -0.05) is 41.9 Å². The lowest BCUT2D eigenvalue weighted by atomic mass is 10.1. The maximum atomic E-state index is 10.1. The Morgan fingerprint density at radius 3 is 2.10 bits per heavy atom. The summed E-state index contributed by atoms with van der Waals surface area (Å²) in [6, 6.07) is 24.1. The number of aliphatic hydroxyl groups excluding tert-OH is 2. The van der Waals surface area contributed by atoms with Crippen LogP contribution >= 0.6 is 11.6 Å². The van der Waals surface area contributed by atoms with Crippen LogP contribution < -0.4 is 14.8 Å². The van der Waals surface area contributed by atoms with E-state index < -0.39 is 6.10 Å². The van der Waals surface area contributed by atoms with E-state index in [1.807, 2.05) is 66.7 Å². The van der Waals surface area contributed by atoms with Gasteiger partial charge in [0.25, 0.3) is 0 Å². The summed E-state index contributed by atoms with van der Waals surface area (Å²) in [4.78, 5) is 0. The van der Waals surface area contributed by atoms with Crippen molar-refractivity contribution in [2.75, 3.05) is 19.8 Å². The van der Waals surface area contributed by atoms with Crippen LogP contribution in [-0.4, -0.2) is 42.1 Å². The van der Waals surface area contributed by atoms with Crippen LogP contribution in [0.2, 0.25) is 5.02 Å². The molecule has 3 aromatic rings. The number of hydrogen-bond acceptors (Lipinski definition) is 5. The summed E-state index contributed by atoms with van der Waals surface area (Å²) in [6.45, 7) is 0.483. The number of benzene rings is 3. The lowest BCUT2D eigenvalue weighted by Crippen LogP contribution is -2.41. The van der Waals surface area contributed by atoms with E-state index in [1.54, 1.807) is 12.1 Å². The summed E-state index contributed by atoms with van der Waals surface area (Å²) in [5.74, 6) is 2.16. The number of aliphatic hydroxyl groups is 2. The van der Waals surface area contributed by atoms with Crippen molar-refractivity contribution >= 4 is 11.6 Å². The Kier molecular flexibility index (Phi) is 8.53. The summed E-state index contributed by atoms with van der Waals surface area (Å²) >= 11 is 5.88. The molecule has 0 heterocycles. The molecule has 0 aromatic heterocycles. The van der Waals surface area contributed by atoms with Gasteiger partial charge in [0.1, 0.15) is 30.0 Å².